The summed E-state index contributed by atoms with van der Waals surface area (Å²) in [6, 6.07) is 7.99. The second-order valence-corrected chi connectivity index (χ2v) is 8.09. The summed E-state index contributed by atoms with van der Waals surface area (Å²) in [5.41, 5.74) is 1.71. The number of piperidine rings is 1. The number of amides is 3. The lowest BCUT2D eigenvalue weighted by Gasteiger charge is -2.26. The van der Waals surface area contributed by atoms with E-state index in [1.54, 1.807) is 0 Å². The first-order valence-electron chi connectivity index (χ1n) is 10.2. The van der Waals surface area contributed by atoms with Gasteiger partial charge < -0.3 is 20.2 Å². The molecule has 3 fully saturated rings. The number of rotatable bonds is 4. The SMILES string of the molecule is O=C(c1ccc(CNC(=O)N2C3CCC2C(CO)C3)cc1)N1CCCCC1. The van der Waals surface area contributed by atoms with E-state index in [9.17, 15) is 14.7 Å². The van der Waals surface area contributed by atoms with Crippen molar-refractivity contribution in [1.29, 1.82) is 0 Å². The van der Waals surface area contributed by atoms with E-state index in [1.165, 1.54) is 6.42 Å². The van der Waals surface area contributed by atoms with Crippen LogP contribution in [0.15, 0.2) is 24.3 Å². The number of aliphatic hydroxyl groups excluding tert-OH is 1. The highest BCUT2D eigenvalue weighted by Crippen LogP contribution is 2.41. The maximum atomic E-state index is 12.6. The van der Waals surface area contributed by atoms with Crippen LogP contribution in [0.1, 0.15) is 54.4 Å². The van der Waals surface area contributed by atoms with E-state index in [0.29, 0.717) is 6.54 Å². The highest BCUT2D eigenvalue weighted by atomic mass is 16.3. The molecular formula is C21H29N3O3. The minimum Gasteiger partial charge on any atom is -0.396 e. The zero-order valence-electron chi connectivity index (χ0n) is 15.8. The molecular weight excluding hydrogens is 342 g/mol. The number of hydrogen-bond acceptors (Lipinski definition) is 3. The average Bonchev–Trinajstić information content (AvgIpc) is 3.30. The second kappa shape index (κ2) is 7.89. The molecule has 3 aliphatic rings. The van der Waals surface area contributed by atoms with E-state index >= 15 is 0 Å². The Bertz CT molecular complexity index is 684. The number of fused-ring (bicyclic) bond motifs is 2. The van der Waals surface area contributed by atoms with Crippen LogP contribution in [0, 0.1) is 5.92 Å². The van der Waals surface area contributed by atoms with Gasteiger partial charge in [0.15, 0.2) is 0 Å². The van der Waals surface area contributed by atoms with Crippen molar-refractivity contribution in [2.24, 2.45) is 5.92 Å². The van der Waals surface area contributed by atoms with Crippen LogP contribution < -0.4 is 5.32 Å². The lowest BCUT2D eigenvalue weighted by atomic mass is 9.90. The average molecular weight is 371 g/mol. The van der Waals surface area contributed by atoms with E-state index < -0.39 is 0 Å². The Morgan fingerprint density at radius 3 is 2.48 bits per heavy atom. The minimum atomic E-state index is -0.0353. The van der Waals surface area contributed by atoms with Gasteiger partial charge in [-0.25, -0.2) is 4.79 Å². The molecule has 0 aromatic heterocycles. The molecule has 27 heavy (non-hydrogen) atoms. The Hall–Kier alpha value is -2.08. The Labute approximate surface area is 160 Å². The summed E-state index contributed by atoms with van der Waals surface area (Å²) >= 11 is 0. The zero-order chi connectivity index (χ0) is 18.8. The van der Waals surface area contributed by atoms with Crippen LogP contribution >= 0.6 is 0 Å². The predicted octanol–water partition coefficient (Wildman–Crippen LogP) is 2.37. The molecule has 146 valence electrons. The molecule has 6 nitrogen and oxygen atoms in total. The molecule has 3 aliphatic heterocycles. The van der Waals surface area contributed by atoms with Crippen LogP contribution in [-0.4, -0.2) is 58.6 Å². The lowest BCUT2D eigenvalue weighted by molar-refractivity contribution is 0.0724. The van der Waals surface area contributed by atoms with E-state index in [2.05, 4.69) is 5.32 Å². The molecule has 1 aromatic rings. The molecule has 3 amide bonds. The smallest absolute Gasteiger partial charge is 0.318 e. The van der Waals surface area contributed by atoms with Crippen molar-refractivity contribution in [1.82, 2.24) is 15.1 Å². The largest absolute Gasteiger partial charge is 0.396 e. The van der Waals surface area contributed by atoms with Gasteiger partial charge in [0.2, 0.25) is 0 Å². The Morgan fingerprint density at radius 1 is 1.07 bits per heavy atom. The maximum Gasteiger partial charge on any atom is 0.318 e. The maximum absolute atomic E-state index is 12.6. The van der Waals surface area contributed by atoms with Crippen molar-refractivity contribution in [3.63, 3.8) is 0 Å². The van der Waals surface area contributed by atoms with Crippen molar-refractivity contribution in [3.8, 4) is 0 Å². The second-order valence-electron chi connectivity index (χ2n) is 8.09. The molecule has 2 bridgehead atoms. The van der Waals surface area contributed by atoms with E-state index in [0.717, 1.165) is 56.3 Å². The Morgan fingerprint density at radius 2 is 1.81 bits per heavy atom. The van der Waals surface area contributed by atoms with E-state index in [4.69, 9.17) is 0 Å². The van der Waals surface area contributed by atoms with Crippen molar-refractivity contribution < 1.29 is 14.7 Å². The standard InChI is InChI=1S/C21H29N3O3/c25-14-17-12-18-8-9-19(17)24(18)21(27)22-13-15-4-6-16(7-5-15)20(26)23-10-2-1-3-11-23/h4-7,17-19,25H,1-3,8-14H2,(H,22,27). The normalized spacial score (nSPS) is 27.1. The third-order valence-electron chi connectivity index (χ3n) is 6.42. The van der Waals surface area contributed by atoms with Crippen LogP contribution in [-0.2, 0) is 6.54 Å². The third-order valence-corrected chi connectivity index (χ3v) is 6.42. The number of nitrogens with zero attached hydrogens (tertiary/aromatic N) is 2. The molecule has 0 saturated carbocycles. The molecule has 3 atom stereocenters. The van der Waals surface area contributed by atoms with Crippen molar-refractivity contribution >= 4 is 11.9 Å². The summed E-state index contributed by atoms with van der Waals surface area (Å²) < 4.78 is 0. The van der Waals surface area contributed by atoms with Gasteiger partial charge >= 0.3 is 6.03 Å². The topological polar surface area (TPSA) is 72.9 Å². The first-order chi connectivity index (χ1) is 13.2. The molecule has 3 unspecified atom stereocenters. The number of aliphatic hydroxyl groups is 1. The van der Waals surface area contributed by atoms with Gasteiger partial charge in [-0.1, -0.05) is 12.1 Å². The summed E-state index contributed by atoms with van der Waals surface area (Å²) in [5.74, 6) is 0.337. The molecule has 6 heteroatoms. The van der Waals surface area contributed by atoms with Crippen LogP contribution in [0.5, 0.6) is 0 Å². The number of likely N-dealkylation sites (tertiary alicyclic amines) is 1. The third kappa shape index (κ3) is 3.68. The Kier molecular flexibility index (Phi) is 5.34. The molecule has 0 aliphatic carbocycles. The monoisotopic (exact) mass is 371 g/mol. The van der Waals surface area contributed by atoms with Gasteiger partial charge in [-0.05, 0) is 56.2 Å². The van der Waals surface area contributed by atoms with E-state index in [-0.39, 0.29) is 36.5 Å². The van der Waals surface area contributed by atoms with E-state index in [1.807, 2.05) is 34.1 Å². The predicted molar refractivity (Wildman–Crippen MR) is 102 cm³/mol. The van der Waals surface area contributed by atoms with Crippen LogP contribution in [0.4, 0.5) is 4.79 Å². The first-order valence-corrected chi connectivity index (χ1v) is 10.2. The molecule has 3 heterocycles. The Balaban J connectivity index is 1.31. The fourth-order valence-corrected chi connectivity index (χ4v) is 4.94. The number of benzene rings is 1. The molecule has 2 N–H and O–H groups in total. The van der Waals surface area contributed by atoms with Crippen LogP contribution in [0.25, 0.3) is 0 Å². The summed E-state index contributed by atoms with van der Waals surface area (Å²) in [6.45, 7) is 2.32. The number of carbonyl (C=O) groups excluding carboxylic acids is 2. The quantitative estimate of drug-likeness (QED) is 0.853. The number of hydrogen-bond donors (Lipinski definition) is 2. The van der Waals surface area contributed by atoms with Crippen molar-refractivity contribution in [2.75, 3.05) is 19.7 Å². The highest BCUT2D eigenvalue weighted by Gasteiger charge is 2.48. The fraction of sp³-hybridized carbons (Fsp3) is 0.619. The molecule has 1 aromatic carbocycles. The molecule has 0 spiro atoms. The highest BCUT2D eigenvalue weighted by molar-refractivity contribution is 5.94. The summed E-state index contributed by atoms with van der Waals surface area (Å²) in [5, 5.41) is 12.5. The first kappa shape index (κ1) is 18.3. The minimum absolute atomic E-state index is 0.0353. The van der Waals surface area contributed by atoms with Crippen LogP contribution in [0.2, 0.25) is 0 Å². The van der Waals surface area contributed by atoms with Crippen LogP contribution in [0.3, 0.4) is 0 Å². The van der Waals surface area contributed by atoms with Gasteiger partial charge in [0.05, 0.1) is 0 Å². The number of carbonyl (C=O) groups is 2. The van der Waals surface area contributed by atoms with Crippen molar-refractivity contribution in [2.45, 2.75) is 57.2 Å². The van der Waals surface area contributed by atoms with Gasteiger partial charge in [0.25, 0.3) is 5.91 Å². The fourth-order valence-electron chi connectivity index (χ4n) is 4.94. The summed E-state index contributed by atoms with van der Waals surface area (Å²) in [7, 11) is 0. The summed E-state index contributed by atoms with van der Waals surface area (Å²) in [4.78, 5) is 29.0. The van der Waals surface area contributed by atoms with Crippen molar-refractivity contribution in [3.05, 3.63) is 35.4 Å². The van der Waals surface area contributed by atoms with Gasteiger partial charge in [-0.2, -0.15) is 0 Å². The van der Waals surface area contributed by atoms with Gasteiger partial charge in [0.1, 0.15) is 0 Å². The zero-order valence-corrected chi connectivity index (χ0v) is 15.8. The number of nitrogens with one attached hydrogen (secondary N) is 1. The molecule has 4 rings (SSSR count). The van der Waals surface area contributed by atoms with Gasteiger partial charge in [0, 0.05) is 49.8 Å². The number of urea groups is 1. The molecule has 3 saturated heterocycles. The van der Waals surface area contributed by atoms with Gasteiger partial charge in [-0.3, -0.25) is 4.79 Å². The van der Waals surface area contributed by atoms with Gasteiger partial charge in [-0.15, -0.1) is 0 Å². The molecule has 0 radical (unpaired) electrons. The summed E-state index contributed by atoms with van der Waals surface area (Å²) in [6.07, 6.45) is 6.34. The lowest BCUT2D eigenvalue weighted by Crippen LogP contribution is -2.43.